The van der Waals surface area contributed by atoms with Crippen LogP contribution in [0.5, 0.6) is 11.6 Å². The summed E-state index contributed by atoms with van der Waals surface area (Å²) in [6.45, 7) is 0. The predicted molar refractivity (Wildman–Crippen MR) is 74.1 cm³/mol. The number of nitrogen functional groups attached to an aromatic ring is 1. The lowest BCUT2D eigenvalue weighted by molar-refractivity contribution is 0.0957. The van der Waals surface area contributed by atoms with Crippen LogP contribution >= 0.6 is 15.9 Å². The van der Waals surface area contributed by atoms with Crippen molar-refractivity contribution >= 4 is 27.5 Å². The zero-order chi connectivity index (χ0) is 13.8. The lowest BCUT2D eigenvalue weighted by Crippen LogP contribution is -2.19. The Bertz CT molecular complexity index is 601. The van der Waals surface area contributed by atoms with Crippen molar-refractivity contribution in [2.24, 2.45) is 0 Å². The standard InChI is InChI=1S/C12H11BrN4O2/c1-15-12(18)8-5-6-10(17-16-8)19-9-4-2-3-7(14)11(9)13/h2-6H,14H2,1H3,(H,15,18). The molecule has 0 unspecified atom stereocenters. The van der Waals surface area contributed by atoms with E-state index in [4.69, 9.17) is 10.5 Å². The van der Waals surface area contributed by atoms with Crippen molar-refractivity contribution in [3.63, 3.8) is 0 Å². The smallest absolute Gasteiger partial charge is 0.271 e. The number of carbonyl (C=O) groups excluding carboxylic acids is 1. The van der Waals surface area contributed by atoms with E-state index >= 15 is 0 Å². The first kappa shape index (κ1) is 13.3. The maximum atomic E-state index is 11.3. The van der Waals surface area contributed by atoms with E-state index in [1.807, 2.05) is 0 Å². The Morgan fingerprint density at radius 3 is 2.74 bits per heavy atom. The number of benzene rings is 1. The van der Waals surface area contributed by atoms with E-state index in [-0.39, 0.29) is 17.5 Å². The van der Waals surface area contributed by atoms with E-state index in [1.165, 1.54) is 13.1 Å². The molecule has 1 heterocycles. The number of hydrogen-bond donors (Lipinski definition) is 2. The molecule has 1 aromatic carbocycles. The number of hydrogen-bond acceptors (Lipinski definition) is 5. The van der Waals surface area contributed by atoms with Crippen LogP contribution in [0.2, 0.25) is 0 Å². The fraction of sp³-hybridized carbons (Fsp3) is 0.0833. The summed E-state index contributed by atoms with van der Waals surface area (Å²) in [5.74, 6) is 0.505. The summed E-state index contributed by atoms with van der Waals surface area (Å²) in [6.07, 6.45) is 0. The second-order valence-corrected chi connectivity index (χ2v) is 4.39. The number of anilines is 1. The van der Waals surface area contributed by atoms with Crippen molar-refractivity contribution in [2.75, 3.05) is 12.8 Å². The highest BCUT2D eigenvalue weighted by Gasteiger charge is 2.09. The summed E-state index contributed by atoms with van der Waals surface area (Å²) >= 11 is 3.32. The molecule has 0 saturated heterocycles. The van der Waals surface area contributed by atoms with E-state index in [0.29, 0.717) is 15.9 Å². The number of ether oxygens (including phenoxy) is 1. The Hall–Kier alpha value is -2.15. The number of aromatic nitrogens is 2. The van der Waals surface area contributed by atoms with Gasteiger partial charge in [-0.1, -0.05) is 6.07 Å². The van der Waals surface area contributed by atoms with Gasteiger partial charge in [0.2, 0.25) is 5.88 Å². The van der Waals surface area contributed by atoms with Gasteiger partial charge >= 0.3 is 0 Å². The molecule has 2 aromatic rings. The quantitative estimate of drug-likeness (QED) is 0.843. The van der Waals surface area contributed by atoms with Crippen LogP contribution < -0.4 is 15.8 Å². The Balaban J connectivity index is 2.20. The molecule has 6 nitrogen and oxygen atoms in total. The van der Waals surface area contributed by atoms with Crippen LogP contribution in [0.15, 0.2) is 34.8 Å². The molecule has 1 aromatic heterocycles. The summed E-state index contributed by atoms with van der Waals surface area (Å²) in [5, 5.41) is 10.0. The fourth-order valence-electron chi connectivity index (χ4n) is 1.34. The fourth-order valence-corrected chi connectivity index (χ4v) is 1.69. The number of nitrogens with zero attached hydrogens (tertiary/aromatic N) is 2. The van der Waals surface area contributed by atoms with Gasteiger partial charge in [-0.05, 0) is 34.1 Å². The topological polar surface area (TPSA) is 90.1 Å². The SMILES string of the molecule is CNC(=O)c1ccc(Oc2cccc(N)c2Br)nn1. The molecule has 0 atom stereocenters. The predicted octanol–water partition coefficient (Wildman–Crippen LogP) is 1.97. The molecule has 0 saturated carbocycles. The molecule has 0 fully saturated rings. The van der Waals surface area contributed by atoms with Crippen LogP contribution in [0.4, 0.5) is 5.69 Å². The zero-order valence-corrected chi connectivity index (χ0v) is 11.6. The van der Waals surface area contributed by atoms with Crippen molar-refractivity contribution in [3.8, 4) is 11.6 Å². The molecule has 1 amide bonds. The highest BCUT2D eigenvalue weighted by Crippen LogP contribution is 2.32. The van der Waals surface area contributed by atoms with E-state index in [9.17, 15) is 4.79 Å². The van der Waals surface area contributed by atoms with Gasteiger partial charge in [-0.3, -0.25) is 4.79 Å². The van der Waals surface area contributed by atoms with Crippen LogP contribution in [0.25, 0.3) is 0 Å². The zero-order valence-electron chi connectivity index (χ0n) is 10.1. The van der Waals surface area contributed by atoms with E-state index in [0.717, 1.165) is 0 Å². The molecule has 0 bridgehead atoms. The average molecular weight is 323 g/mol. The lowest BCUT2D eigenvalue weighted by atomic mass is 10.3. The molecule has 3 N–H and O–H groups in total. The number of amides is 1. The van der Waals surface area contributed by atoms with E-state index < -0.39 is 0 Å². The van der Waals surface area contributed by atoms with E-state index in [2.05, 4.69) is 31.4 Å². The third-order valence-corrected chi connectivity index (χ3v) is 3.16. The number of rotatable bonds is 3. The van der Waals surface area contributed by atoms with Gasteiger partial charge in [0.1, 0.15) is 5.75 Å². The Kier molecular flexibility index (Phi) is 3.96. The van der Waals surface area contributed by atoms with Crippen LogP contribution in [0.1, 0.15) is 10.5 Å². The lowest BCUT2D eigenvalue weighted by Gasteiger charge is -2.07. The first-order valence-corrected chi connectivity index (χ1v) is 6.18. The second kappa shape index (κ2) is 5.66. The van der Waals surface area contributed by atoms with Crippen molar-refractivity contribution in [2.45, 2.75) is 0 Å². The van der Waals surface area contributed by atoms with Gasteiger partial charge in [-0.15, -0.1) is 10.2 Å². The van der Waals surface area contributed by atoms with Gasteiger partial charge in [0, 0.05) is 18.8 Å². The summed E-state index contributed by atoms with van der Waals surface area (Å²) in [7, 11) is 1.53. The van der Waals surface area contributed by atoms with Crippen molar-refractivity contribution in [1.82, 2.24) is 15.5 Å². The largest absolute Gasteiger partial charge is 0.436 e. The van der Waals surface area contributed by atoms with Crippen LogP contribution in [-0.2, 0) is 0 Å². The first-order chi connectivity index (χ1) is 9.11. The van der Waals surface area contributed by atoms with Gasteiger partial charge < -0.3 is 15.8 Å². The Morgan fingerprint density at radius 2 is 2.11 bits per heavy atom. The molecular formula is C12H11BrN4O2. The number of nitrogens with two attached hydrogens (primary N) is 1. The molecule has 19 heavy (non-hydrogen) atoms. The van der Waals surface area contributed by atoms with Gasteiger partial charge in [0.15, 0.2) is 5.69 Å². The minimum absolute atomic E-state index is 0.224. The highest BCUT2D eigenvalue weighted by atomic mass is 79.9. The van der Waals surface area contributed by atoms with Crippen molar-refractivity contribution < 1.29 is 9.53 Å². The maximum absolute atomic E-state index is 11.3. The second-order valence-electron chi connectivity index (χ2n) is 3.60. The summed E-state index contributed by atoms with van der Waals surface area (Å²) in [5.41, 5.74) is 6.53. The Morgan fingerprint density at radius 1 is 1.32 bits per heavy atom. The minimum atomic E-state index is -0.302. The number of halogens is 1. The number of nitrogens with one attached hydrogen (secondary N) is 1. The molecule has 98 valence electrons. The maximum Gasteiger partial charge on any atom is 0.271 e. The molecule has 0 aliphatic heterocycles. The molecule has 0 spiro atoms. The van der Waals surface area contributed by atoms with Crippen molar-refractivity contribution in [3.05, 3.63) is 40.5 Å². The van der Waals surface area contributed by atoms with Crippen LogP contribution in [0.3, 0.4) is 0 Å². The monoisotopic (exact) mass is 322 g/mol. The van der Waals surface area contributed by atoms with Crippen LogP contribution in [0, 0.1) is 0 Å². The third kappa shape index (κ3) is 3.00. The molecule has 0 aliphatic rings. The minimum Gasteiger partial charge on any atom is -0.436 e. The normalized spacial score (nSPS) is 10.0. The van der Waals surface area contributed by atoms with Crippen molar-refractivity contribution in [1.29, 1.82) is 0 Å². The van der Waals surface area contributed by atoms with Gasteiger partial charge in [-0.25, -0.2) is 0 Å². The Labute approximate surface area is 118 Å². The van der Waals surface area contributed by atoms with Gasteiger partial charge in [-0.2, -0.15) is 0 Å². The van der Waals surface area contributed by atoms with Gasteiger partial charge in [0.05, 0.1) is 4.47 Å². The summed E-state index contributed by atoms with van der Waals surface area (Å²) in [4.78, 5) is 11.3. The molecule has 2 rings (SSSR count). The first-order valence-electron chi connectivity index (χ1n) is 5.39. The molecule has 7 heteroatoms. The summed E-state index contributed by atoms with van der Waals surface area (Å²) < 4.78 is 6.17. The third-order valence-electron chi connectivity index (χ3n) is 2.31. The number of carbonyl (C=O) groups is 1. The average Bonchev–Trinajstić information content (AvgIpc) is 2.44. The molecule has 0 radical (unpaired) electrons. The molecule has 0 aliphatic carbocycles. The van der Waals surface area contributed by atoms with Gasteiger partial charge in [0.25, 0.3) is 5.91 Å². The highest BCUT2D eigenvalue weighted by molar-refractivity contribution is 9.10. The van der Waals surface area contributed by atoms with E-state index in [1.54, 1.807) is 24.3 Å². The summed E-state index contributed by atoms with van der Waals surface area (Å²) in [6, 6.07) is 8.35. The van der Waals surface area contributed by atoms with Crippen LogP contribution in [-0.4, -0.2) is 23.2 Å². The molecular weight excluding hydrogens is 312 g/mol.